The van der Waals surface area contributed by atoms with Gasteiger partial charge in [-0.05, 0) is 12.5 Å². The molecule has 0 bridgehead atoms. The van der Waals surface area contributed by atoms with Crippen molar-refractivity contribution in [3.8, 4) is 5.75 Å². The van der Waals surface area contributed by atoms with Crippen molar-refractivity contribution in [3.05, 3.63) is 64.0 Å². The minimum Gasteiger partial charge on any atom is -0.482 e. The van der Waals surface area contributed by atoms with E-state index in [-0.39, 0.29) is 11.4 Å². The first-order chi connectivity index (χ1) is 8.66. The van der Waals surface area contributed by atoms with Crippen molar-refractivity contribution in [1.82, 2.24) is 4.98 Å². The highest BCUT2D eigenvalue weighted by Gasteiger charge is 2.14. The molecule has 5 heteroatoms. The number of rotatable bonds is 4. The quantitative estimate of drug-likeness (QED) is 0.612. The number of nitro groups is 1. The Morgan fingerprint density at radius 2 is 2.00 bits per heavy atom. The molecule has 0 amide bonds. The number of hydrogen-bond donors (Lipinski definition) is 0. The van der Waals surface area contributed by atoms with Gasteiger partial charge in [-0.2, -0.15) is 0 Å². The van der Waals surface area contributed by atoms with Crippen molar-refractivity contribution >= 4 is 5.69 Å². The Kier molecular flexibility index (Phi) is 3.52. The van der Waals surface area contributed by atoms with Gasteiger partial charge in [-0.1, -0.05) is 29.8 Å². The van der Waals surface area contributed by atoms with Crippen molar-refractivity contribution in [2.75, 3.05) is 0 Å². The van der Waals surface area contributed by atoms with E-state index in [1.807, 2.05) is 31.2 Å². The Hall–Kier alpha value is -2.43. The zero-order valence-electron chi connectivity index (χ0n) is 9.87. The zero-order chi connectivity index (χ0) is 13.0. The highest BCUT2D eigenvalue weighted by molar-refractivity contribution is 5.43. The Labute approximate surface area is 104 Å². The van der Waals surface area contributed by atoms with Gasteiger partial charge in [-0.25, -0.2) is 0 Å². The van der Waals surface area contributed by atoms with E-state index in [0.29, 0.717) is 6.61 Å². The van der Waals surface area contributed by atoms with Gasteiger partial charge >= 0.3 is 5.69 Å². The van der Waals surface area contributed by atoms with Gasteiger partial charge in [0.25, 0.3) is 0 Å². The minimum absolute atomic E-state index is 0.121. The van der Waals surface area contributed by atoms with Crippen LogP contribution < -0.4 is 4.74 Å². The van der Waals surface area contributed by atoms with Crippen molar-refractivity contribution < 1.29 is 9.66 Å². The van der Waals surface area contributed by atoms with Crippen LogP contribution in [0.15, 0.2) is 42.7 Å². The van der Waals surface area contributed by atoms with E-state index in [0.717, 1.165) is 11.1 Å². The van der Waals surface area contributed by atoms with Gasteiger partial charge in [0.05, 0.1) is 4.92 Å². The standard InChI is InChI=1S/C13H12N2O3/c1-10-2-4-11(5-3-10)9-18-13-6-7-14-8-12(13)15(16)17/h2-8H,9H2,1H3. The van der Waals surface area contributed by atoms with Crippen LogP contribution in [0.4, 0.5) is 5.69 Å². The molecule has 92 valence electrons. The molecule has 0 unspecified atom stereocenters. The fourth-order valence-corrected chi connectivity index (χ4v) is 1.48. The summed E-state index contributed by atoms with van der Waals surface area (Å²) in [5, 5.41) is 10.8. The SMILES string of the molecule is Cc1ccc(COc2ccncc2[N+](=O)[O-])cc1. The Morgan fingerprint density at radius 3 is 2.67 bits per heavy atom. The summed E-state index contributed by atoms with van der Waals surface area (Å²) in [7, 11) is 0. The first kappa shape index (κ1) is 12.0. The molecule has 0 atom stereocenters. The topological polar surface area (TPSA) is 65.3 Å². The average Bonchev–Trinajstić information content (AvgIpc) is 2.38. The third-order valence-electron chi connectivity index (χ3n) is 2.47. The van der Waals surface area contributed by atoms with Gasteiger partial charge in [0.2, 0.25) is 5.75 Å². The molecule has 18 heavy (non-hydrogen) atoms. The molecular weight excluding hydrogens is 232 g/mol. The molecule has 5 nitrogen and oxygen atoms in total. The van der Waals surface area contributed by atoms with E-state index >= 15 is 0 Å². The number of pyridine rings is 1. The predicted molar refractivity (Wildman–Crippen MR) is 66.4 cm³/mol. The summed E-state index contributed by atoms with van der Waals surface area (Å²) in [5.41, 5.74) is 2.00. The highest BCUT2D eigenvalue weighted by Crippen LogP contribution is 2.25. The number of benzene rings is 1. The third-order valence-corrected chi connectivity index (χ3v) is 2.47. The van der Waals surface area contributed by atoms with Crippen molar-refractivity contribution in [3.63, 3.8) is 0 Å². The lowest BCUT2D eigenvalue weighted by atomic mass is 10.2. The third kappa shape index (κ3) is 2.82. The number of hydrogen-bond acceptors (Lipinski definition) is 4. The lowest BCUT2D eigenvalue weighted by Gasteiger charge is -2.06. The largest absolute Gasteiger partial charge is 0.482 e. The summed E-state index contributed by atoms with van der Waals surface area (Å²) >= 11 is 0. The second kappa shape index (κ2) is 5.27. The molecule has 0 aliphatic heterocycles. The Balaban J connectivity index is 2.10. The molecule has 0 aliphatic rings. The fraction of sp³-hybridized carbons (Fsp3) is 0.154. The molecule has 0 saturated heterocycles. The molecule has 0 radical (unpaired) electrons. The molecule has 2 aromatic rings. The summed E-state index contributed by atoms with van der Waals surface area (Å²) in [6, 6.07) is 9.30. The molecule has 0 fully saturated rings. The van der Waals surface area contributed by atoms with Crippen LogP contribution in [0.5, 0.6) is 5.75 Å². The first-order valence-corrected chi connectivity index (χ1v) is 5.43. The molecular formula is C13H12N2O3. The van der Waals surface area contributed by atoms with E-state index < -0.39 is 4.92 Å². The first-order valence-electron chi connectivity index (χ1n) is 5.43. The fourth-order valence-electron chi connectivity index (χ4n) is 1.48. The second-order valence-electron chi connectivity index (χ2n) is 3.87. The van der Waals surface area contributed by atoms with Crippen LogP contribution in [0.3, 0.4) is 0 Å². The minimum atomic E-state index is -0.503. The van der Waals surface area contributed by atoms with Gasteiger partial charge in [0, 0.05) is 12.3 Å². The van der Waals surface area contributed by atoms with Crippen molar-refractivity contribution in [1.29, 1.82) is 0 Å². The van der Waals surface area contributed by atoms with Crippen LogP contribution in [0.1, 0.15) is 11.1 Å². The molecule has 1 aromatic heterocycles. The molecule has 2 rings (SSSR count). The second-order valence-corrected chi connectivity index (χ2v) is 3.87. The van der Waals surface area contributed by atoms with Crippen molar-refractivity contribution in [2.45, 2.75) is 13.5 Å². The summed E-state index contributed by atoms with van der Waals surface area (Å²) in [6.07, 6.45) is 2.65. The molecule has 0 N–H and O–H groups in total. The van der Waals surface area contributed by atoms with Gasteiger partial charge in [-0.15, -0.1) is 0 Å². The van der Waals surface area contributed by atoms with Crippen molar-refractivity contribution in [2.24, 2.45) is 0 Å². The maximum Gasteiger partial charge on any atom is 0.329 e. The number of aryl methyl sites for hydroxylation is 1. The number of ether oxygens (including phenoxy) is 1. The number of aromatic nitrogens is 1. The summed E-state index contributed by atoms with van der Waals surface area (Å²) in [6.45, 7) is 2.30. The maximum atomic E-state index is 10.8. The average molecular weight is 244 g/mol. The zero-order valence-corrected chi connectivity index (χ0v) is 9.87. The smallest absolute Gasteiger partial charge is 0.329 e. The Morgan fingerprint density at radius 1 is 1.28 bits per heavy atom. The Bertz CT molecular complexity index is 552. The monoisotopic (exact) mass is 244 g/mol. The van der Waals surface area contributed by atoms with Crippen LogP contribution in [-0.4, -0.2) is 9.91 Å². The van der Waals surface area contributed by atoms with Crippen LogP contribution in [0, 0.1) is 17.0 Å². The lowest BCUT2D eigenvalue weighted by Crippen LogP contribution is -1.99. The van der Waals surface area contributed by atoms with E-state index in [1.165, 1.54) is 18.5 Å². The van der Waals surface area contributed by atoms with Crippen LogP contribution in [0.25, 0.3) is 0 Å². The summed E-state index contributed by atoms with van der Waals surface area (Å²) in [5.74, 6) is 0.232. The molecule has 0 aliphatic carbocycles. The van der Waals surface area contributed by atoms with Crippen LogP contribution in [0.2, 0.25) is 0 Å². The van der Waals surface area contributed by atoms with E-state index in [9.17, 15) is 10.1 Å². The van der Waals surface area contributed by atoms with Gasteiger partial charge in [0.15, 0.2) is 0 Å². The molecule has 1 heterocycles. The molecule has 0 spiro atoms. The summed E-state index contributed by atoms with van der Waals surface area (Å²) < 4.78 is 5.44. The van der Waals surface area contributed by atoms with Crippen LogP contribution >= 0.6 is 0 Å². The normalized spacial score (nSPS) is 10.1. The van der Waals surface area contributed by atoms with E-state index in [4.69, 9.17) is 4.74 Å². The molecule has 1 aromatic carbocycles. The van der Waals surface area contributed by atoms with Gasteiger partial charge in [-0.3, -0.25) is 15.1 Å². The maximum absolute atomic E-state index is 10.8. The summed E-state index contributed by atoms with van der Waals surface area (Å²) in [4.78, 5) is 14.0. The van der Waals surface area contributed by atoms with Gasteiger partial charge in [0.1, 0.15) is 12.8 Å². The predicted octanol–water partition coefficient (Wildman–Crippen LogP) is 2.88. The van der Waals surface area contributed by atoms with Gasteiger partial charge < -0.3 is 4.74 Å². The van der Waals surface area contributed by atoms with E-state index in [1.54, 1.807) is 0 Å². The molecule has 0 saturated carbocycles. The number of nitrogens with zero attached hydrogens (tertiary/aromatic N) is 2. The lowest BCUT2D eigenvalue weighted by molar-refractivity contribution is -0.386. The highest BCUT2D eigenvalue weighted by atomic mass is 16.6. The van der Waals surface area contributed by atoms with Crippen LogP contribution in [-0.2, 0) is 6.61 Å². The van der Waals surface area contributed by atoms with E-state index in [2.05, 4.69) is 4.98 Å².